The zero-order chi connectivity index (χ0) is 12.3. The molecular formula is C16H29NO. The molecule has 0 bridgehead atoms. The minimum Gasteiger partial charge on any atom is -0.375 e. The Kier molecular flexibility index (Phi) is 4.25. The van der Waals surface area contributed by atoms with Crippen LogP contribution >= 0.6 is 0 Å². The minimum absolute atomic E-state index is 0.307. The van der Waals surface area contributed by atoms with Gasteiger partial charge in [-0.2, -0.15) is 0 Å². The molecule has 0 aromatic rings. The standard InChI is InChI=1S/C16H29NO/c1-2-6-14(5-1)7-3-11-17-15-8-12-18-16(13-15)9-4-10-16/h14-15,17H,1-13H2. The third-order valence-electron chi connectivity index (χ3n) is 5.45. The maximum Gasteiger partial charge on any atom is 0.0697 e. The van der Waals surface area contributed by atoms with Gasteiger partial charge in [0.05, 0.1) is 5.60 Å². The molecule has 2 nitrogen and oxygen atoms in total. The molecule has 1 saturated heterocycles. The summed E-state index contributed by atoms with van der Waals surface area (Å²) in [4.78, 5) is 0. The summed E-state index contributed by atoms with van der Waals surface area (Å²) in [5.74, 6) is 1.06. The molecule has 18 heavy (non-hydrogen) atoms. The van der Waals surface area contributed by atoms with E-state index in [2.05, 4.69) is 5.32 Å². The van der Waals surface area contributed by atoms with E-state index in [9.17, 15) is 0 Å². The van der Waals surface area contributed by atoms with Gasteiger partial charge >= 0.3 is 0 Å². The highest BCUT2D eigenvalue weighted by Crippen LogP contribution is 2.42. The number of hydrogen-bond donors (Lipinski definition) is 1. The maximum atomic E-state index is 5.98. The largest absolute Gasteiger partial charge is 0.375 e. The van der Waals surface area contributed by atoms with Crippen molar-refractivity contribution >= 4 is 0 Å². The van der Waals surface area contributed by atoms with Crippen molar-refractivity contribution in [2.45, 2.75) is 82.3 Å². The molecule has 1 heterocycles. The van der Waals surface area contributed by atoms with Crippen LogP contribution in [0.4, 0.5) is 0 Å². The molecule has 2 aliphatic carbocycles. The molecule has 1 unspecified atom stereocenters. The van der Waals surface area contributed by atoms with Crippen molar-refractivity contribution in [3.63, 3.8) is 0 Å². The van der Waals surface area contributed by atoms with E-state index in [0.29, 0.717) is 5.60 Å². The zero-order valence-electron chi connectivity index (χ0n) is 11.8. The van der Waals surface area contributed by atoms with E-state index >= 15 is 0 Å². The molecule has 2 heteroatoms. The third kappa shape index (κ3) is 3.08. The second-order valence-corrected chi connectivity index (χ2v) is 6.82. The lowest BCUT2D eigenvalue weighted by Gasteiger charge is -2.47. The molecule has 3 aliphatic rings. The Morgan fingerprint density at radius 1 is 1.06 bits per heavy atom. The smallest absolute Gasteiger partial charge is 0.0697 e. The van der Waals surface area contributed by atoms with E-state index < -0.39 is 0 Å². The highest BCUT2D eigenvalue weighted by Gasteiger charge is 2.42. The number of rotatable bonds is 5. The van der Waals surface area contributed by atoms with Gasteiger partial charge in [-0.1, -0.05) is 25.7 Å². The fourth-order valence-corrected chi connectivity index (χ4v) is 4.12. The summed E-state index contributed by atoms with van der Waals surface area (Å²) in [6, 6.07) is 0.739. The summed E-state index contributed by atoms with van der Waals surface area (Å²) in [6.07, 6.45) is 15.3. The Morgan fingerprint density at radius 2 is 1.89 bits per heavy atom. The lowest BCUT2D eigenvalue weighted by atomic mass is 9.74. The van der Waals surface area contributed by atoms with Crippen molar-refractivity contribution < 1.29 is 4.74 Å². The van der Waals surface area contributed by atoms with Crippen LogP contribution in [0.3, 0.4) is 0 Å². The van der Waals surface area contributed by atoms with Gasteiger partial charge in [0.1, 0.15) is 0 Å². The summed E-state index contributed by atoms with van der Waals surface area (Å²) in [5.41, 5.74) is 0.307. The van der Waals surface area contributed by atoms with Gasteiger partial charge in [0, 0.05) is 12.6 Å². The Bertz CT molecular complexity index is 256. The number of ether oxygens (including phenoxy) is 1. The van der Waals surface area contributed by atoms with Crippen LogP contribution in [0, 0.1) is 5.92 Å². The summed E-state index contributed by atoms with van der Waals surface area (Å²) in [5, 5.41) is 3.79. The summed E-state index contributed by atoms with van der Waals surface area (Å²) in [7, 11) is 0. The van der Waals surface area contributed by atoms with Crippen molar-refractivity contribution in [1.82, 2.24) is 5.32 Å². The van der Waals surface area contributed by atoms with Crippen LogP contribution in [0.5, 0.6) is 0 Å². The molecular weight excluding hydrogens is 222 g/mol. The second-order valence-electron chi connectivity index (χ2n) is 6.82. The second kappa shape index (κ2) is 5.92. The lowest BCUT2D eigenvalue weighted by Crippen LogP contribution is -2.51. The first-order chi connectivity index (χ1) is 8.86. The van der Waals surface area contributed by atoms with Crippen LogP contribution in [0.1, 0.15) is 70.6 Å². The fraction of sp³-hybridized carbons (Fsp3) is 1.00. The SMILES string of the molecule is C1CCC(CCCNC2CCOC3(CCC3)C2)C1. The summed E-state index contributed by atoms with van der Waals surface area (Å²) < 4.78 is 5.98. The fourth-order valence-electron chi connectivity index (χ4n) is 4.12. The predicted molar refractivity (Wildman–Crippen MR) is 74.8 cm³/mol. The van der Waals surface area contributed by atoms with Crippen molar-refractivity contribution in [1.29, 1.82) is 0 Å². The Balaban J connectivity index is 1.30. The molecule has 0 radical (unpaired) electrons. The normalized spacial score (nSPS) is 31.7. The van der Waals surface area contributed by atoms with Gasteiger partial charge in [0.2, 0.25) is 0 Å². The molecule has 0 aromatic heterocycles. The topological polar surface area (TPSA) is 21.3 Å². The number of nitrogens with one attached hydrogen (secondary N) is 1. The quantitative estimate of drug-likeness (QED) is 0.753. The highest BCUT2D eigenvalue weighted by molar-refractivity contribution is 4.95. The lowest BCUT2D eigenvalue weighted by molar-refractivity contribution is -0.135. The highest BCUT2D eigenvalue weighted by atomic mass is 16.5. The van der Waals surface area contributed by atoms with E-state index in [-0.39, 0.29) is 0 Å². The monoisotopic (exact) mass is 251 g/mol. The zero-order valence-corrected chi connectivity index (χ0v) is 11.8. The average Bonchev–Trinajstić information content (AvgIpc) is 2.86. The molecule has 1 N–H and O–H groups in total. The maximum absolute atomic E-state index is 5.98. The van der Waals surface area contributed by atoms with E-state index in [1.807, 2.05) is 0 Å². The van der Waals surface area contributed by atoms with E-state index in [4.69, 9.17) is 4.74 Å². The first kappa shape index (κ1) is 12.9. The van der Waals surface area contributed by atoms with Crippen LogP contribution in [-0.2, 0) is 4.74 Å². The van der Waals surface area contributed by atoms with Crippen LogP contribution in [0.15, 0.2) is 0 Å². The van der Waals surface area contributed by atoms with E-state index in [1.54, 1.807) is 0 Å². The number of hydrogen-bond acceptors (Lipinski definition) is 2. The van der Waals surface area contributed by atoms with Gasteiger partial charge in [-0.25, -0.2) is 0 Å². The van der Waals surface area contributed by atoms with Crippen LogP contribution < -0.4 is 5.32 Å². The minimum atomic E-state index is 0.307. The third-order valence-corrected chi connectivity index (χ3v) is 5.45. The van der Waals surface area contributed by atoms with Gasteiger partial charge < -0.3 is 10.1 Å². The Hall–Kier alpha value is -0.0800. The van der Waals surface area contributed by atoms with Crippen molar-refractivity contribution in [2.75, 3.05) is 13.2 Å². The first-order valence-electron chi connectivity index (χ1n) is 8.24. The van der Waals surface area contributed by atoms with Crippen molar-refractivity contribution in [2.24, 2.45) is 5.92 Å². The van der Waals surface area contributed by atoms with E-state index in [0.717, 1.165) is 18.6 Å². The predicted octanol–water partition coefficient (Wildman–Crippen LogP) is 3.65. The summed E-state index contributed by atoms with van der Waals surface area (Å²) in [6.45, 7) is 2.22. The van der Waals surface area contributed by atoms with Gasteiger partial charge in [0.25, 0.3) is 0 Å². The molecule has 0 aromatic carbocycles. The van der Waals surface area contributed by atoms with Crippen LogP contribution in [0.2, 0.25) is 0 Å². The van der Waals surface area contributed by atoms with Gasteiger partial charge in [-0.15, -0.1) is 0 Å². The molecule has 104 valence electrons. The van der Waals surface area contributed by atoms with Gasteiger partial charge in [-0.3, -0.25) is 0 Å². The van der Waals surface area contributed by atoms with Crippen LogP contribution in [-0.4, -0.2) is 24.8 Å². The first-order valence-corrected chi connectivity index (χ1v) is 8.24. The Labute approximate surface area is 112 Å². The van der Waals surface area contributed by atoms with Crippen LogP contribution in [0.25, 0.3) is 0 Å². The summed E-state index contributed by atoms with van der Waals surface area (Å²) >= 11 is 0. The van der Waals surface area contributed by atoms with E-state index in [1.165, 1.54) is 77.2 Å². The van der Waals surface area contributed by atoms with Gasteiger partial charge in [-0.05, 0) is 57.4 Å². The molecule has 3 fully saturated rings. The molecule has 3 rings (SSSR count). The van der Waals surface area contributed by atoms with Crippen molar-refractivity contribution in [3.05, 3.63) is 0 Å². The molecule has 1 spiro atoms. The molecule has 2 saturated carbocycles. The molecule has 1 atom stereocenters. The molecule has 0 amide bonds. The van der Waals surface area contributed by atoms with Gasteiger partial charge in [0.15, 0.2) is 0 Å². The van der Waals surface area contributed by atoms with Crippen molar-refractivity contribution in [3.8, 4) is 0 Å². The average molecular weight is 251 g/mol. The molecule has 1 aliphatic heterocycles. The Morgan fingerprint density at radius 3 is 2.61 bits per heavy atom.